The molecule has 0 N–H and O–H groups in total. The van der Waals surface area contributed by atoms with Crippen molar-refractivity contribution in [1.82, 2.24) is 14.9 Å². The zero-order valence-corrected chi connectivity index (χ0v) is 14.1. The first-order valence-corrected chi connectivity index (χ1v) is 7.90. The SMILES string of the molecule is COc1ccccc1OCC(=O)N1CCN(c2ncc(F)cn2)C(=O)C1. The van der Waals surface area contributed by atoms with Gasteiger partial charge in [0.1, 0.15) is 6.54 Å². The van der Waals surface area contributed by atoms with Crippen LogP contribution in [0.2, 0.25) is 0 Å². The van der Waals surface area contributed by atoms with Crippen LogP contribution in [0.3, 0.4) is 0 Å². The minimum atomic E-state index is -0.580. The molecule has 1 aromatic carbocycles. The summed E-state index contributed by atoms with van der Waals surface area (Å²) in [6, 6.07) is 6.99. The van der Waals surface area contributed by atoms with Crippen LogP contribution in [0.25, 0.3) is 0 Å². The molecule has 0 atom stereocenters. The summed E-state index contributed by atoms with van der Waals surface area (Å²) < 4.78 is 23.5. The average Bonchev–Trinajstić information content (AvgIpc) is 2.67. The first-order valence-electron chi connectivity index (χ1n) is 7.90. The molecule has 0 bridgehead atoms. The fourth-order valence-electron chi connectivity index (χ4n) is 2.51. The fraction of sp³-hybridized carbons (Fsp3) is 0.294. The average molecular weight is 360 g/mol. The third-order valence-electron chi connectivity index (χ3n) is 3.84. The molecule has 1 aliphatic rings. The van der Waals surface area contributed by atoms with Crippen molar-refractivity contribution in [1.29, 1.82) is 0 Å². The number of carbonyl (C=O) groups excluding carboxylic acids is 2. The Morgan fingerprint density at radius 3 is 2.54 bits per heavy atom. The van der Waals surface area contributed by atoms with Gasteiger partial charge in [-0.3, -0.25) is 14.5 Å². The summed E-state index contributed by atoms with van der Waals surface area (Å²) in [6.07, 6.45) is 1.99. The topological polar surface area (TPSA) is 84.9 Å². The predicted molar refractivity (Wildman–Crippen MR) is 89.4 cm³/mol. The molecule has 1 aliphatic heterocycles. The van der Waals surface area contributed by atoms with Crippen molar-refractivity contribution in [3.8, 4) is 11.5 Å². The lowest BCUT2D eigenvalue weighted by Crippen LogP contribution is -2.53. The molecule has 2 aromatic rings. The zero-order valence-electron chi connectivity index (χ0n) is 14.1. The van der Waals surface area contributed by atoms with E-state index in [0.717, 1.165) is 12.4 Å². The highest BCUT2D eigenvalue weighted by atomic mass is 19.1. The Morgan fingerprint density at radius 1 is 1.19 bits per heavy atom. The summed E-state index contributed by atoms with van der Waals surface area (Å²) in [4.78, 5) is 34.9. The standard InChI is InChI=1S/C17H17FN4O4/c1-25-13-4-2-3-5-14(13)26-11-16(24)21-6-7-22(15(23)10-21)17-19-8-12(18)9-20-17/h2-5,8-9H,6-7,10-11H2,1H3. The lowest BCUT2D eigenvalue weighted by molar-refractivity contribution is -0.138. The highest BCUT2D eigenvalue weighted by Crippen LogP contribution is 2.25. The number of hydrogen-bond donors (Lipinski definition) is 0. The maximum Gasteiger partial charge on any atom is 0.261 e. The highest BCUT2D eigenvalue weighted by Gasteiger charge is 2.29. The van der Waals surface area contributed by atoms with Crippen molar-refractivity contribution >= 4 is 17.8 Å². The maximum atomic E-state index is 12.9. The molecule has 1 aromatic heterocycles. The van der Waals surface area contributed by atoms with Gasteiger partial charge in [0.05, 0.1) is 19.5 Å². The predicted octanol–water partition coefficient (Wildman–Crippen LogP) is 0.878. The molecule has 2 amide bonds. The Hall–Kier alpha value is -3.23. The summed E-state index contributed by atoms with van der Waals surface area (Å²) in [6.45, 7) is 0.209. The minimum absolute atomic E-state index is 0.116. The lowest BCUT2D eigenvalue weighted by atomic mass is 10.3. The molecule has 136 valence electrons. The molecule has 1 saturated heterocycles. The summed E-state index contributed by atoms with van der Waals surface area (Å²) in [5.74, 6) is -0.141. The molecule has 1 fully saturated rings. The molecule has 0 aliphatic carbocycles. The molecule has 0 unspecified atom stereocenters. The van der Waals surface area contributed by atoms with Crippen LogP contribution >= 0.6 is 0 Å². The number of aromatic nitrogens is 2. The van der Waals surface area contributed by atoms with E-state index < -0.39 is 5.82 Å². The molecule has 8 nitrogen and oxygen atoms in total. The van der Waals surface area contributed by atoms with Crippen LogP contribution in [-0.2, 0) is 9.59 Å². The number of carbonyl (C=O) groups is 2. The number of amides is 2. The van der Waals surface area contributed by atoms with E-state index in [1.807, 2.05) is 0 Å². The Kier molecular flexibility index (Phi) is 5.26. The summed E-state index contributed by atoms with van der Waals surface area (Å²) >= 11 is 0. The van der Waals surface area contributed by atoms with E-state index in [2.05, 4.69) is 9.97 Å². The molecule has 0 spiro atoms. The van der Waals surface area contributed by atoms with Gasteiger partial charge in [0.25, 0.3) is 5.91 Å². The molecule has 26 heavy (non-hydrogen) atoms. The fourth-order valence-corrected chi connectivity index (χ4v) is 2.51. The summed E-state index contributed by atoms with van der Waals surface area (Å²) in [5.41, 5.74) is 0. The Balaban J connectivity index is 1.57. The number of nitrogens with zero attached hydrogens (tertiary/aromatic N) is 4. The number of anilines is 1. The van der Waals surface area contributed by atoms with Gasteiger partial charge >= 0.3 is 0 Å². The second kappa shape index (κ2) is 7.77. The van der Waals surface area contributed by atoms with Gasteiger partial charge in [-0.25, -0.2) is 14.4 Å². The van der Waals surface area contributed by atoms with Crippen LogP contribution in [0.1, 0.15) is 0 Å². The number of piperazine rings is 1. The van der Waals surface area contributed by atoms with Gasteiger partial charge in [0, 0.05) is 13.1 Å². The number of rotatable bonds is 5. The van der Waals surface area contributed by atoms with Crippen LogP contribution in [0, 0.1) is 5.82 Å². The molecule has 0 saturated carbocycles. The van der Waals surface area contributed by atoms with Gasteiger partial charge in [-0.2, -0.15) is 0 Å². The van der Waals surface area contributed by atoms with Gasteiger partial charge in [-0.1, -0.05) is 12.1 Å². The molecule has 2 heterocycles. The molecule has 9 heteroatoms. The quantitative estimate of drug-likeness (QED) is 0.787. The Labute approximate surface area is 149 Å². The molecular formula is C17H17FN4O4. The van der Waals surface area contributed by atoms with Crippen LogP contribution in [-0.4, -0.2) is 60.0 Å². The normalized spacial score (nSPS) is 14.3. The largest absolute Gasteiger partial charge is 0.493 e. The number of hydrogen-bond acceptors (Lipinski definition) is 6. The van der Waals surface area contributed by atoms with Crippen molar-refractivity contribution in [2.45, 2.75) is 0 Å². The van der Waals surface area contributed by atoms with Crippen molar-refractivity contribution < 1.29 is 23.5 Å². The Bertz CT molecular complexity index is 800. The van der Waals surface area contributed by atoms with E-state index in [1.165, 1.54) is 16.9 Å². The number of para-hydroxylation sites is 2. The second-order valence-corrected chi connectivity index (χ2v) is 5.50. The second-order valence-electron chi connectivity index (χ2n) is 5.50. The van der Waals surface area contributed by atoms with E-state index in [-0.39, 0.29) is 37.5 Å². The van der Waals surface area contributed by atoms with E-state index in [0.29, 0.717) is 18.0 Å². The smallest absolute Gasteiger partial charge is 0.261 e. The minimum Gasteiger partial charge on any atom is -0.493 e. The monoisotopic (exact) mass is 360 g/mol. The highest BCUT2D eigenvalue weighted by molar-refractivity contribution is 5.96. The summed E-state index contributed by atoms with van der Waals surface area (Å²) in [7, 11) is 1.51. The third-order valence-corrected chi connectivity index (χ3v) is 3.84. The van der Waals surface area contributed by atoms with Crippen molar-refractivity contribution in [3.63, 3.8) is 0 Å². The van der Waals surface area contributed by atoms with Gasteiger partial charge in [-0.15, -0.1) is 0 Å². The maximum absolute atomic E-state index is 12.9. The first-order chi connectivity index (χ1) is 12.6. The number of ether oxygens (including phenoxy) is 2. The van der Waals surface area contributed by atoms with Crippen LogP contribution in [0.5, 0.6) is 11.5 Å². The van der Waals surface area contributed by atoms with E-state index in [9.17, 15) is 14.0 Å². The van der Waals surface area contributed by atoms with Crippen LogP contribution in [0.15, 0.2) is 36.7 Å². The van der Waals surface area contributed by atoms with Gasteiger partial charge in [-0.05, 0) is 12.1 Å². The third kappa shape index (κ3) is 3.88. The number of benzene rings is 1. The summed E-state index contributed by atoms with van der Waals surface area (Å²) in [5, 5.41) is 0. The van der Waals surface area contributed by atoms with Crippen molar-refractivity contribution in [3.05, 3.63) is 42.5 Å². The zero-order chi connectivity index (χ0) is 18.5. The van der Waals surface area contributed by atoms with E-state index in [4.69, 9.17) is 9.47 Å². The van der Waals surface area contributed by atoms with Gasteiger partial charge < -0.3 is 14.4 Å². The van der Waals surface area contributed by atoms with E-state index in [1.54, 1.807) is 24.3 Å². The molecule has 0 radical (unpaired) electrons. The van der Waals surface area contributed by atoms with Gasteiger partial charge in [0.15, 0.2) is 23.9 Å². The van der Waals surface area contributed by atoms with Gasteiger partial charge in [0.2, 0.25) is 11.9 Å². The first kappa shape index (κ1) is 17.6. The number of halogens is 1. The van der Waals surface area contributed by atoms with Crippen LogP contribution in [0.4, 0.5) is 10.3 Å². The number of methoxy groups -OCH3 is 1. The molecule has 3 rings (SSSR count). The van der Waals surface area contributed by atoms with Crippen molar-refractivity contribution in [2.24, 2.45) is 0 Å². The van der Waals surface area contributed by atoms with E-state index >= 15 is 0 Å². The van der Waals surface area contributed by atoms with Crippen LogP contribution < -0.4 is 14.4 Å². The van der Waals surface area contributed by atoms with Crippen molar-refractivity contribution in [2.75, 3.05) is 38.3 Å². The Morgan fingerprint density at radius 2 is 1.88 bits per heavy atom. The lowest BCUT2D eigenvalue weighted by Gasteiger charge is -2.32. The molecular weight excluding hydrogens is 343 g/mol.